The molecule has 1 rings (SSSR count). The van der Waals surface area contributed by atoms with Gasteiger partial charge in [-0.15, -0.1) is 24.0 Å². The normalized spacial score (nSPS) is 11.9. The minimum absolute atomic E-state index is 0. The van der Waals surface area contributed by atoms with Gasteiger partial charge in [0, 0.05) is 24.4 Å². The van der Waals surface area contributed by atoms with Crippen LogP contribution in [0.5, 0.6) is 5.75 Å². The molecule has 0 amide bonds. The van der Waals surface area contributed by atoms with Gasteiger partial charge in [-0.1, -0.05) is 13.0 Å². The van der Waals surface area contributed by atoms with Gasteiger partial charge in [-0.05, 0) is 12.5 Å². The van der Waals surface area contributed by atoms with Gasteiger partial charge < -0.3 is 9.84 Å². The molecule has 0 bridgehead atoms. The van der Waals surface area contributed by atoms with Crippen molar-refractivity contribution < 1.29 is 9.84 Å². The fraction of sp³-hybridized carbons (Fsp3) is 0.462. The smallest absolute Gasteiger partial charge is 0.149 e. The summed E-state index contributed by atoms with van der Waals surface area (Å²) in [4.78, 5) is 3.45. The minimum Gasteiger partial charge on any atom is -0.566 e. The lowest BCUT2D eigenvalue weighted by Gasteiger charge is -2.27. The molecule has 0 atom stereocenters. The Morgan fingerprint density at radius 1 is 1.33 bits per heavy atom. The van der Waals surface area contributed by atoms with E-state index in [4.69, 9.17) is 4.74 Å². The van der Waals surface area contributed by atoms with Crippen LogP contribution in [0.25, 0.3) is 0 Å². The highest BCUT2D eigenvalue weighted by molar-refractivity contribution is 14.0. The van der Waals surface area contributed by atoms with Crippen LogP contribution >= 0.6 is 24.0 Å². The SMILES string of the molecule is CCc1ccc(OC([O-])=NC)cc1[N+](C)(C)C.I. The number of hydrogen-bond acceptors (Lipinski definition) is 3. The summed E-state index contributed by atoms with van der Waals surface area (Å²) in [6.07, 6.45) is 0.388. The standard InChI is InChI=1S/C13H20N2O2.HI/c1-6-10-7-8-11(17-13(16)14-2)9-12(10)15(3,4)5;/h7-9H,6H2,1-5H3;1H. The van der Waals surface area contributed by atoms with Crippen LogP contribution in [0.2, 0.25) is 0 Å². The summed E-state index contributed by atoms with van der Waals surface area (Å²) in [7, 11) is 7.68. The van der Waals surface area contributed by atoms with Crippen LogP contribution in [0.4, 0.5) is 5.69 Å². The second-order valence-electron chi connectivity index (χ2n) is 4.75. The summed E-state index contributed by atoms with van der Waals surface area (Å²) in [5.41, 5.74) is 2.40. The quantitative estimate of drug-likeness (QED) is 0.355. The monoisotopic (exact) mass is 364 g/mol. The predicted octanol–water partition coefficient (Wildman–Crippen LogP) is 1.79. The number of halogens is 1. The van der Waals surface area contributed by atoms with Crippen molar-refractivity contribution in [3.05, 3.63) is 23.8 Å². The van der Waals surface area contributed by atoms with Crippen LogP contribution < -0.4 is 14.3 Å². The summed E-state index contributed by atoms with van der Waals surface area (Å²) >= 11 is 0. The van der Waals surface area contributed by atoms with Crippen molar-refractivity contribution in [3.8, 4) is 5.75 Å². The van der Waals surface area contributed by atoms with Crippen LogP contribution in [-0.2, 0) is 6.42 Å². The molecular weight excluding hydrogens is 343 g/mol. The van der Waals surface area contributed by atoms with Gasteiger partial charge in [-0.25, -0.2) is 0 Å². The maximum absolute atomic E-state index is 11.1. The third-order valence-corrected chi connectivity index (χ3v) is 2.55. The highest BCUT2D eigenvalue weighted by Crippen LogP contribution is 2.28. The van der Waals surface area contributed by atoms with Crippen LogP contribution in [0, 0.1) is 0 Å². The molecule has 0 aliphatic carbocycles. The predicted molar refractivity (Wildman–Crippen MR) is 84.8 cm³/mol. The van der Waals surface area contributed by atoms with E-state index in [-0.39, 0.29) is 24.0 Å². The van der Waals surface area contributed by atoms with Gasteiger partial charge >= 0.3 is 0 Å². The molecule has 0 spiro atoms. The van der Waals surface area contributed by atoms with Gasteiger partial charge in [-0.3, -0.25) is 9.48 Å². The molecule has 0 aromatic heterocycles. The van der Waals surface area contributed by atoms with Gasteiger partial charge in [0.1, 0.15) is 11.8 Å². The molecule has 102 valence electrons. The summed E-state index contributed by atoms with van der Waals surface area (Å²) in [6.45, 7) is 2.11. The van der Waals surface area contributed by atoms with E-state index in [1.165, 1.54) is 12.6 Å². The van der Waals surface area contributed by atoms with E-state index in [9.17, 15) is 5.11 Å². The molecule has 0 unspecified atom stereocenters. The van der Waals surface area contributed by atoms with Crippen LogP contribution in [0.3, 0.4) is 0 Å². The van der Waals surface area contributed by atoms with E-state index in [1.807, 2.05) is 12.1 Å². The van der Waals surface area contributed by atoms with Crippen LogP contribution in [0.1, 0.15) is 12.5 Å². The average Bonchev–Trinajstić information content (AvgIpc) is 2.27. The van der Waals surface area contributed by atoms with Crippen molar-refractivity contribution in [1.29, 1.82) is 0 Å². The Hall–Kier alpha value is -0.820. The first-order valence-corrected chi connectivity index (χ1v) is 5.65. The highest BCUT2D eigenvalue weighted by atomic mass is 127. The third kappa shape index (κ3) is 4.45. The Morgan fingerprint density at radius 3 is 2.39 bits per heavy atom. The van der Waals surface area contributed by atoms with Crippen molar-refractivity contribution in [3.63, 3.8) is 0 Å². The molecule has 0 radical (unpaired) electrons. The average molecular weight is 364 g/mol. The lowest BCUT2D eigenvalue weighted by Crippen LogP contribution is -2.35. The maximum atomic E-state index is 11.1. The summed E-state index contributed by atoms with van der Waals surface area (Å²) < 4.78 is 5.78. The van der Waals surface area contributed by atoms with Crippen LogP contribution in [0.15, 0.2) is 23.2 Å². The Bertz CT molecular complexity index is 425. The van der Waals surface area contributed by atoms with Gasteiger partial charge in [0.2, 0.25) is 0 Å². The molecule has 0 saturated heterocycles. The van der Waals surface area contributed by atoms with Crippen LogP contribution in [-0.4, -0.2) is 34.3 Å². The van der Waals surface area contributed by atoms with Crippen molar-refractivity contribution in [2.45, 2.75) is 13.3 Å². The summed E-state index contributed by atoms with van der Waals surface area (Å²) in [5.74, 6) is 0.542. The Balaban J connectivity index is 0.00000289. The number of aryl methyl sites for hydroxylation is 1. The zero-order valence-electron chi connectivity index (χ0n) is 11.6. The number of aliphatic imine (C=N–C) groups is 1. The van der Waals surface area contributed by atoms with Gasteiger partial charge in [0.05, 0.1) is 21.1 Å². The molecule has 0 saturated carbocycles. The largest absolute Gasteiger partial charge is 0.566 e. The Kier molecular flexibility index (Phi) is 6.62. The lowest BCUT2D eigenvalue weighted by molar-refractivity contribution is -0.240. The lowest BCUT2D eigenvalue weighted by atomic mass is 10.1. The van der Waals surface area contributed by atoms with Gasteiger partial charge in [-0.2, -0.15) is 0 Å². The molecule has 1 aromatic carbocycles. The first-order valence-electron chi connectivity index (χ1n) is 5.65. The van der Waals surface area contributed by atoms with E-state index >= 15 is 0 Å². The number of benzene rings is 1. The first-order chi connectivity index (χ1) is 7.88. The van der Waals surface area contributed by atoms with Gasteiger partial charge in [0.25, 0.3) is 0 Å². The van der Waals surface area contributed by atoms with Crippen molar-refractivity contribution in [1.82, 2.24) is 4.48 Å². The molecule has 0 aliphatic rings. The summed E-state index contributed by atoms with van der Waals surface area (Å²) in [5, 5.41) is 11.1. The van der Waals surface area contributed by atoms with Crippen molar-refractivity contribution in [2.24, 2.45) is 4.99 Å². The first kappa shape index (κ1) is 17.2. The van der Waals surface area contributed by atoms with E-state index in [0.29, 0.717) is 10.2 Å². The molecule has 18 heavy (non-hydrogen) atoms. The van der Waals surface area contributed by atoms with E-state index in [2.05, 4.69) is 33.1 Å². The van der Waals surface area contributed by atoms with E-state index < -0.39 is 6.08 Å². The maximum Gasteiger partial charge on any atom is 0.149 e. The minimum atomic E-state index is -0.568. The zero-order valence-corrected chi connectivity index (χ0v) is 13.9. The molecule has 0 aliphatic heterocycles. The number of ether oxygens (including phenoxy) is 1. The third-order valence-electron chi connectivity index (χ3n) is 2.55. The summed E-state index contributed by atoms with van der Waals surface area (Å²) in [6, 6.07) is 5.71. The molecule has 0 N–H and O–H groups in total. The number of quaternary nitrogens is 1. The Labute approximate surface area is 126 Å². The molecule has 0 heterocycles. The fourth-order valence-corrected chi connectivity index (χ4v) is 1.68. The second kappa shape index (κ2) is 6.94. The number of rotatable bonds is 3. The second-order valence-corrected chi connectivity index (χ2v) is 4.75. The van der Waals surface area contributed by atoms with E-state index in [0.717, 1.165) is 12.1 Å². The van der Waals surface area contributed by atoms with Crippen molar-refractivity contribution >= 4 is 35.7 Å². The topological polar surface area (TPSA) is 44.6 Å². The fourth-order valence-electron chi connectivity index (χ4n) is 1.68. The molecule has 0 fully saturated rings. The van der Waals surface area contributed by atoms with E-state index in [1.54, 1.807) is 6.07 Å². The molecule has 5 heteroatoms. The molecular formula is C13H21IN2O2. The number of nitrogens with zero attached hydrogens (tertiary/aromatic N) is 2. The number of hydrogen-bond donors (Lipinski definition) is 0. The van der Waals surface area contributed by atoms with Gasteiger partial charge in [0.15, 0.2) is 0 Å². The highest BCUT2D eigenvalue weighted by Gasteiger charge is 2.16. The molecule has 1 aromatic rings. The van der Waals surface area contributed by atoms with Crippen molar-refractivity contribution in [2.75, 3.05) is 28.2 Å². The molecule has 4 nitrogen and oxygen atoms in total. The zero-order chi connectivity index (χ0) is 13.1. The Morgan fingerprint density at radius 2 is 1.94 bits per heavy atom.